The highest BCUT2D eigenvalue weighted by molar-refractivity contribution is 5.89. The highest BCUT2D eigenvalue weighted by Crippen LogP contribution is 2.23. The van der Waals surface area contributed by atoms with Gasteiger partial charge in [-0.25, -0.2) is 9.86 Å². The monoisotopic (exact) mass is 279 g/mol. The zero-order chi connectivity index (χ0) is 14.5. The summed E-state index contributed by atoms with van der Waals surface area (Å²) in [5.41, 5.74) is 1.32. The maximum absolute atomic E-state index is 11.4. The molecular formula is C14H17NO5. The number of hydrogen-bond donors (Lipinski definition) is 0. The smallest absolute Gasteiger partial charge is 0.337 e. The van der Waals surface area contributed by atoms with Gasteiger partial charge < -0.3 is 14.2 Å². The number of nitrogens with zero attached hydrogens (tertiary/aromatic N) is 1. The van der Waals surface area contributed by atoms with Crippen molar-refractivity contribution < 1.29 is 23.8 Å². The number of rotatable bonds is 4. The van der Waals surface area contributed by atoms with Crippen LogP contribution in [-0.2, 0) is 19.0 Å². The molecule has 6 heteroatoms. The van der Waals surface area contributed by atoms with E-state index in [1.54, 1.807) is 43.5 Å². The molecule has 20 heavy (non-hydrogen) atoms. The lowest BCUT2D eigenvalue weighted by Crippen LogP contribution is -2.33. The quantitative estimate of drug-likeness (QED) is 0.782. The Morgan fingerprint density at radius 3 is 2.30 bits per heavy atom. The molecule has 108 valence electrons. The number of esters is 1. The van der Waals surface area contributed by atoms with E-state index in [0.29, 0.717) is 24.5 Å². The van der Waals surface area contributed by atoms with E-state index in [4.69, 9.17) is 14.3 Å². The van der Waals surface area contributed by atoms with Crippen molar-refractivity contribution in [3.63, 3.8) is 0 Å². The van der Waals surface area contributed by atoms with Crippen molar-refractivity contribution in [2.75, 3.05) is 39.5 Å². The third-order valence-corrected chi connectivity index (χ3v) is 3.02. The van der Waals surface area contributed by atoms with Gasteiger partial charge in [0.2, 0.25) is 0 Å². The number of hydroxylamine groups is 1. The van der Waals surface area contributed by atoms with Crippen molar-refractivity contribution in [2.24, 2.45) is 0 Å². The molecule has 0 atom stereocenters. The van der Waals surface area contributed by atoms with Crippen LogP contribution in [0.1, 0.15) is 10.4 Å². The van der Waals surface area contributed by atoms with E-state index >= 15 is 0 Å². The van der Waals surface area contributed by atoms with Crippen LogP contribution in [0.4, 0.5) is 5.69 Å². The molecule has 0 amide bonds. The minimum atomic E-state index is -0.366. The van der Waals surface area contributed by atoms with Crippen molar-refractivity contribution >= 4 is 11.7 Å². The average molecular weight is 279 g/mol. The third kappa shape index (κ3) is 2.85. The van der Waals surface area contributed by atoms with Crippen LogP contribution < -0.4 is 5.06 Å². The second-order valence-corrected chi connectivity index (χ2v) is 4.10. The lowest BCUT2D eigenvalue weighted by atomic mass is 10.2. The lowest BCUT2D eigenvalue weighted by molar-refractivity contribution is 0.0557. The summed E-state index contributed by atoms with van der Waals surface area (Å²) < 4.78 is 15.1. The fourth-order valence-electron chi connectivity index (χ4n) is 1.88. The molecule has 0 N–H and O–H groups in total. The summed E-state index contributed by atoms with van der Waals surface area (Å²) in [7, 11) is 4.53. The van der Waals surface area contributed by atoms with Crippen LogP contribution >= 0.6 is 0 Å². The first-order valence-corrected chi connectivity index (χ1v) is 6.08. The molecule has 0 fully saturated rings. The average Bonchev–Trinajstić information content (AvgIpc) is 2.53. The largest absolute Gasteiger partial charge is 0.495 e. The zero-order valence-corrected chi connectivity index (χ0v) is 11.7. The summed E-state index contributed by atoms with van der Waals surface area (Å²) in [6.45, 7) is 0.746. The Kier molecular flexibility index (Phi) is 4.47. The van der Waals surface area contributed by atoms with Gasteiger partial charge in [-0.2, -0.15) is 0 Å². The predicted octanol–water partition coefficient (Wildman–Crippen LogP) is 1.73. The Labute approximate surface area is 117 Å². The highest BCUT2D eigenvalue weighted by Gasteiger charge is 2.22. The van der Waals surface area contributed by atoms with E-state index in [2.05, 4.69) is 4.74 Å². The van der Waals surface area contributed by atoms with Gasteiger partial charge in [-0.1, -0.05) is 0 Å². The molecule has 0 aromatic heterocycles. The summed E-state index contributed by atoms with van der Waals surface area (Å²) in [6, 6.07) is 6.95. The topological polar surface area (TPSA) is 57.2 Å². The number of carbonyl (C=O) groups excluding carboxylic acids is 1. The predicted molar refractivity (Wildman–Crippen MR) is 72.1 cm³/mol. The fourth-order valence-corrected chi connectivity index (χ4v) is 1.88. The van der Waals surface area contributed by atoms with Gasteiger partial charge in [0.1, 0.15) is 13.2 Å². The number of ether oxygens (including phenoxy) is 3. The van der Waals surface area contributed by atoms with Gasteiger partial charge in [0.05, 0.1) is 32.6 Å². The summed E-state index contributed by atoms with van der Waals surface area (Å²) in [4.78, 5) is 17.0. The van der Waals surface area contributed by atoms with E-state index < -0.39 is 0 Å². The van der Waals surface area contributed by atoms with Crippen LogP contribution in [0.3, 0.4) is 0 Å². The van der Waals surface area contributed by atoms with Crippen molar-refractivity contribution in [3.8, 4) is 0 Å². The van der Waals surface area contributed by atoms with E-state index in [0.717, 1.165) is 11.4 Å². The summed E-state index contributed by atoms with van der Waals surface area (Å²) in [5, 5.41) is 1.68. The minimum absolute atomic E-state index is 0.304. The normalized spacial score (nSPS) is 15.1. The maximum Gasteiger partial charge on any atom is 0.337 e. The van der Waals surface area contributed by atoms with Gasteiger partial charge >= 0.3 is 5.97 Å². The molecule has 2 rings (SSSR count). The van der Waals surface area contributed by atoms with Gasteiger partial charge in [-0.3, -0.25) is 4.84 Å². The molecule has 1 aromatic carbocycles. The molecule has 1 aliphatic heterocycles. The van der Waals surface area contributed by atoms with E-state index in [1.807, 2.05) is 0 Å². The molecule has 0 bridgehead atoms. The second kappa shape index (κ2) is 6.29. The van der Waals surface area contributed by atoms with Crippen LogP contribution in [0.25, 0.3) is 0 Å². The van der Waals surface area contributed by atoms with E-state index in [1.165, 1.54) is 7.11 Å². The molecular weight excluding hydrogens is 262 g/mol. The summed E-state index contributed by atoms with van der Waals surface area (Å²) in [5.74, 6) is 1.03. The molecule has 0 unspecified atom stereocenters. The van der Waals surface area contributed by atoms with Gasteiger partial charge in [0.15, 0.2) is 11.5 Å². The van der Waals surface area contributed by atoms with Crippen LogP contribution in [-0.4, -0.2) is 40.5 Å². The molecule has 6 nitrogen and oxygen atoms in total. The van der Waals surface area contributed by atoms with Gasteiger partial charge in [-0.15, -0.1) is 0 Å². The van der Waals surface area contributed by atoms with Crippen LogP contribution in [0.5, 0.6) is 0 Å². The molecule has 1 aliphatic rings. The SMILES string of the molecule is COC(=O)c1ccc(N2CC(OC)=C(OC)CO2)cc1. The maximum atomic E-state index is 11.4. The standard InChI is InChI=1S/C14H17NO5/c1-17-12-8-15(20-9-13(12)18-2)11-6-4-10(5-7-11)14(16)19-3/h4-7H,8-9H2,1-3H3. The Morgan fingerprint density at radius 1 is 1.10 bits per heavy atom. The lowest BCUT2D eigenvalue weighted by Gasteiger charge is -2.30. The van der Waals surface area contributed by atoms with Crippen molar-refractivity contribution in [3.05, 3.63) is 41.3 Å². The molecule has 0 aliphatic carbocycles. The van der Waals surface area contributed by atoms with Crippen LogP contribution in [0.15, 0.2) is 35.8 Å². The van der Waals surface area contributed by atoms with Gasteiger partial charge in [-0.05, 0) is 24.3 Å². The number of methoxy groups -OCH3 is 3. The molecule has 0 saturated carbocycles. The first-order chi connectivity index (χ1) is 9.69. The molecule has 0 spiro atoms. The Bertz CT molecular complexity index is 509. The number of carbonyl (C=O) groups is 1. The number of anilines is 1. The Hall–Kier alpha value is -2.21. The van der Waals surface area contributed by atoms with Crippen molar-refractivity contribution in [2.45, 2.75) is 0 Å². The first kappa shape index (κ1) is 14.2. The summed E-state index contributed by atoms with van der Waals surface area (Å²) in [6.07, 6.45) is 0. The molecule has 1 heterocycles. The van der Waals surface area contributed by atoms with Crippen LogP contribution in [0, 0.1) is 0 Å². The first-order valence-electron chi connectivity index (χ1n) is 6.08. The van der Waals surface area contributed by atoms with Gasteiger partial charge in [0, 0.05) is 0 Å². The zero-order valence-electron chi connectivity index (χ0n) is 11.7. The van der Waals surface area contributed by atoms with Crippen LogP contribution in [0.2, 0.25) is 0 Å². The summed E-state index contributed by atoms with van der Waals surface area (Å²) >= 11 is 0. The van der Waals surface area contributed by atoms with Gasteiger partial charge in [0.25, 0.3) is 0 Å². The molecule has 0 saturated heterocycles. The Balaban J connectivity index is 2.14. The number of hydrogen-bond acceptors (Lipinski definition) is 6. The minimum Gasteiger partial charge on any atom is -0.495 e. The third-order valence-electron chi connectivity index (χ3n) is 3.02. The van der Waals surface area contributed by atoms with Crippen molar-refractivity contribution in [1.82, 2.24) is 0 Å². The Morgan fingerprint density at radius 2 is 1.75 bits per heavy atom. The molecule has 0 radical (unpaired) electrons. The van der Waals surface area contributed by atoms with E-state index in [9.17, 15) is 4.79 Å². The van der Waals surface area contributed by atoms with Crippen molar-refractivity contribution in [1.29, 1.82) is 0 Å². The molecule has 1 aromatic rings. The highest BCUT2D eigenvalue weighted by atomic mass is 16.7. The number of benzene rings is 1. The fraction of sp³-hybridized carbons (Fsp3) is 0.357. The van der Waals surface area contributed by atoms with E-state index in [-0.39, 0.29) is 5.97 Å². The second-order valence-electron chi connectivity index (χ2n) is 4.10.